The topological polar surface area (TPSA) is 71.2 Å². The number of likely N-dealkylation sites (tertiary alicyclic amines) is 1. The molecular weight excluding hydrogens is 416 g/mol. The van der Waals surface area contributed by atoms with Crippen LogP contribution in [0.4, 0.5) is 0 Å². The fourth-order valence-corrected chi connectivity index (χ4v) is 4.31. The number of amides is 1. The van der Waals surface area contributed by atoms with Crippen molar-refractivity contribution in [2.45, 2.75) is 38.4 Å². The summed E-state index contributed by atoms with van der Waals surface area (Å²) in [6, 6.07) is 5.22. The molecule has 26 heavy (non-hydrogen) atoms. The maximum absolute atomic E-state index is 12.5. The van der Waals surface area contributed by atoms with Gasteiger partial charge in [-0.1, -0.05) is 34.6 Å². The molecule has 1 aliphatic heterocycles. The summed E-state index contributed by atoms with van der Waals surface area (Å²) >= 11 is 4.83. The van der Waals surface area contributed by atoms with Crippen LogP contribution in [0, 0.1) is 5.92 Å². The van der Waals surface area contributed by atoms with E-state index in [0.29, 0.717) is 34.8 Å². The van der Waals surface area contributed by atoms with E-state index < -0.39 is 0 Å². The van der Waals surface area contributed by atoms with E-state index in [4.69, 9.17) is 0 Å². The number of aromatic nitrogens is 3. The number of carbonyl (C=O) groups excluding carboxylic acids is 1. The molecule has 0 radical (unpaired) electrons. The minimum absolute atomic E-state index is 0.152. The van der Waals surface area contributed by atoms with E-state index >= 15 is 0 Å². The molecular formula is C18H23BrN4O2S. The first-order valence-corrected chi connectivity index (χ1v) is 10.6. The zero-order valence-electron chi connectivity index (χ0n) is 15.0. The Balaban J connectivity index is 1.72. The van der Waals surface area contributed by atoms with Crippen LogP contribution in [0.25, 0.3) is 11.4 Å². The Bertz CT molecular complexity index is 787. The Kier molecular flexibility index (Phi) is 6.24. The molecule has 1 saturated heterocycles. The number of carbonyl (C=O) groups is 1. The molecule has 1 aliphatic rings. The second-order valence-electron chi connectivity index (χ2n) is 6.56. The molecule has 1 aromatic heterocycles. The summed E-state index contributed by atoms with van der Waals surface area (Å²) in [6.45, 7) is 6.58. The molecule has 6 nitrogen and oxygen atoms in total. The van der Waals surface area contributed by atoms with Crippen molar-refractivity contribution in [1.29, 1.82) is 0 Å². The summed E-state index contributed by atoms with van der Waals surface area (Å²) in [6.07, 6.45) is 2.15. The Morgan fingerprint density at radius 1 is 1.35 bits per heavy atom. The van der Waals surface area contributed by atoms with Crippen molar-refractivity contribution in [1.82, 2.24) is 19.7 Å². The van der Waals surface area contributed by atoms with Crippen LogP contribution in [-0.2, 0) is 11.3 Å². The summed E-state index contributed by atoms with van der Waals surface area (Å²) in [5.74, 6) is 1.98. The zero-order valence-corrected chi connectivity index (χ0v) is 17.4. The summed E-state index contributed by atoms with van der Waals surface area (Å²) in [5, 5.41) is 19.3. The van der Waals surface area contributed by atoms with Crippen molar-refractivity contribution < 1.29 is 9.90 Å². The average Bonchev–Trinajstić information content (AvgIpc) is 3.05. The van der Waals surface area contributed by atoms with Crippen molar-refractivity contribution in [2.24, 2.45) is 5.92 Å². The molecule has 0 bridgehead atoms. The summed E-state index contributed by atoms with van der Waals surface area (Å²) < 4.78 is 2.79. The fraction of sp³-hybridized carbons (Fsp3) is 0.500. The highest BCUT2D eigenvalue weighted by atomic mass is 79.9. The van der Waals surface area contributed by atoms with Crippen LogP contribution in [0.1, 0.15) is 26.7 Å². The monoisotopic (exact) mass is 438 g/mol. The van der Waals surface area contributed by atoms with Gasteiger partial charge in [0.15, 0.2) is 11.0 Å². The van der Waals surface area contributed by atoms with E-state index in [0.717, 1.165) is 30.4 Å². The molecule has 2 aromatic rings. The molecule has 0 spiro atoms. The van der Waals surface area contributed by atoms with E-state index in [1.54, 1.807) is 12.1 Å². The SMILES string of the molecule is CCn1c(SCC(=O)N2CCC(C)CC2)nnc1-c1cc(Br)ccc1O. The number of halogens is 1. The molecule has 140 valence electrons. The number of benzene rings is 1. The van der Waals surface area contributed by atoms with Crippen LogP contribution in [0.5, 0.6) is 5.75 Å². The lowest BCUT2D eigenvalue weighted by molar-refractivity contribution is -0.129. The van der Waals surface area contributed by atoms with Crippen molar-refractivity contribution >= 4 is 33.6 Å². The van der Waals surface area contributed by atoms with Gasteiger partial charge in [-0.15, -0.1) is 10.2 Å². The number of rotatable bonds is 5. The van der Waals surface area contributed by atoms with Gasteiger partial charge in [-0.25, -0.2) is 0 Å². The third kappa shape index (κ3) is 4.23. The van der Waals surface area contributed by atoms with Gasteiger partial charge in [-0.3, -0.25) is 4.79 Å². The number of thioether (sulfide) groups is 1. The fourth-order valence-electron chi connectivity index (χ4n) is 3.04. The lowest BCUT2D eigenvalue weighted by Gasteiger charge is -2.30. The predicted octanol–water partition coefficient (Wildman–Crippen LogP) is 3.78. The van der Waals surface area contributed by atoms with E-state index in [2.05, 4.69) is 33.1 Å². The number of nitrogens with zero attached hydrogens (tertiary/aromatic N) is 4. The van der Waals surface area contributed by atoms with Gasteiger partial charge in [-0.2, -0.15) is 0 Å². The van der Waals surface area contributed by atoms with Crippen LogP contribution in [0.2, 0.25) is 0 Å². The number of phenols is 1. The highest BCUT2D eigenvalue weighted by Gasteiger charge is 2.22. The van der Waals surface area contributed by atoms with Gasteiger partial charge >= 0.3 is 0 Å². The van der Waals surface area contributed by atoms with Crippen LogP contribution >= 0.6 is 27.7 Å². The summed E-state index contributed by atoms with van der Waals surface area (Å²) in [7, 11) is 0. The van der Waals surface area contributed by atoms with Crippen molar-refractivity contribution in [2.75, 3.05) is 18.8 Å². The number of phenolic OH excluding ortho intramolecular Hbond substituents is 1. The van der Waals surface area contributed by atoms with Gasteiger partial charge in [-0.05, 0) is 43.9 Å². The molecule has 0 aliphatic carbocycles. The second kappa shape index (κ2) is 8.43. The number of aromatic hydroxyl groups is 1. The minimum Gasteiger partial charge on any atom is -0.507 e. The van der Waals surface area contributed by atoms with Crippen LogP contribution in [0.3, 0.4) is 0 Å². The quantitative estimate of drug-likeness (QED) is 0.718. The summed E-state index contributed by atoms with van der Waals surface area (Å²) in [4.78, 5) is 14.4. The molecule has 0 unspecified atom stereocenters. The van der Waals surface area contributed by atoms with Gasteiger partial charge < -0.3 is 14.6 Å². The van der Waals surface area contributed by atoms with Crippen molar-refractivity contribution in [3.63, 3.8) is 0 Å². The Morgan fingerprint density at radius 3 is 2.77 bits per heavy atom. The van der Waals surface area contributed by atoms with E-state index in [1.807, 2.05) is 22.5 Å². The van der Waals surface area contributed by atoms with Crippen LogP contribution < -0.4 is 0 Å². The third-order valence-electron chi connectivity index (χ3n) is 4.69. The van der Waals surface area contributed by atoms with Gasteiger partial charge in [0.25, 0.3) is 0 Å². The lowest BCUT2D eigenvalue weighted by atomic mass is 9.99. The predicted molar refractivity (Wildman–Crippen MR) is 106 cm³/mol. The molecule has 1 aromatic carbocycles. The Hall–Kier alpha value is -1.54. The molecule has 0 atom stereocenters. The van der Waals surface area contributed by atoms with Gasteiger partial charge in [0, 0.05) is 24.1 Å². The van der Waals surface area contributed by atoms with E-state index in [1.165, 1.54) is 11.8 Å². The molecule has 2 heterocycles. The third-order valence-corrected chi connectivity index (χ3v) is 6.14. The van der Waals surface area contributed by atoms with Crippen molar-refractivity contribution in [3.05, 3.63) is 22.7 Å². The summed E-state index contributed by atoms with van der Waals surface area (Å²) in [5.41, 5.74) is 0.622. The van der Waals surface area contributed by atoms with E-state index in [9.17, 15) is 9.90 Å². The molecule has 1 fully saturated rings. The smallest absolute Gasteiger partial charge is 0.233 e. The average molecular weight is 439 g/mol. The first-order chi connectivity index (χ1) is 12.5. The molecule has 1 N–H and O–H groups in total. The highest BCUT2D eigenvalue weighted by molar-refractivity contribution is 9.10. The number of hydrogen-bond donors (Lipinski definition) is 1. The molecule has 8 heteroatoms. The molecule has 1 amide bonds. The highest BCUT2D eigenvalue weighted by Crippen LogP contribution is 2.32. The first kappa shape index (κ1) is 19.2. The maximum Gasteiger partial charge on any atom is 0.233 e. The largest absolute Gasteiger partial charge is 0.507 e. The normalized spacial score (nSPS) is 15.4. The van der Waals surface area contributed by atoms with Crippen LogP contribution in [0.15, 0.2) is 27.8 Å². The van der Waals surface area contributed by atoms with Crippen LogP contribution in [-0.4, -0.2) is 49.5 Å². The Labute approximate surface area is 166 Å². The van der Waals surface area contributed by atoms with Gasteiger partial charge in [0.2, 0.25) is 5.91 Å². The second-order valence-corrected chi connectivity index (χ2v) is 8.42. The first-order valence-electron chi connectivity index (χ1n) is 8.82. The van der Waals surface area contributed by atoms with E-state index in [-0.39, 0.29) is 11.7 Å². The van der Waals surface area contributed by atoms with Gasteiger partial charge in [0.05, 0.1) is 11.3 Å². The van der Waals surface area contributed by atoms with Gasteiger partial charge in [0.1, 0.15) is 5.75 Å². The zero-order chi connectivity index (χ0) is 18.7. The maximum atomic E-state index is 12.5. The standard InChI is InChI=1S/C18H23BrN4O2S/c1-3-23-17(14-10-13(19)4-5-15(14)24)20-21-18(23)26-11-16(25)22-8-6-12(2)7-9-22/h4-5,10,12,24H,3,6-9,11H2,1-2H3. The van der Waals surface area contributed by atoms with Crippen molar-refractivity contribution in [3.8, 4) is 17.1 Å². The Morgan fingerprint density at radius 2 is 2.08 bits per heavy atom. The molecule has 0 saturated carbocycles. The number of hydrogen-bond acceptors (Lipinski definition) is 5. The number of piperidine rings is 1. The molecule has 3 rings (SSSR count). The lowest BCUT2D eigenvalue weighted by Crippen LogP contribution is -2.38. The minimum atomic E-state index is 0.152.